The van der Waals surface area contributed by atoms with Crippen LogP contribution in [-0.4, -0.2) is 82.9 Å². The molecule has 4 amide bonds. The van der Waals surface area contributed by atoms with Crippen molar-refractivity contribution in [1.82, 2.24) is 9.97 Å². The van der Waals surface area contributed by atoms with E-state index in [1.807, 2.05) is 0 Å². The Balaban J connectivity index is 0.000000491. The van der Waals surface area contributed by atoms with Crippen LogP contribution in [0.25, 0.3) is 0 Å². The number of aromatic nitrogens is 2. The molecule has 0 aliphatic rings. The fraction of sp³-hybridized carbons (Fsp3) is 0.467. The molecule has 3 aromatic rings. The number of carbonyl (C=O) groups is 6. The third kappa shape index (κ3) is 17.5. The highest BCUT2D eigenvalue weighted by Gasteiger charge is 2.44. The van der Waals surface area contributed by atoms with Gasteiger partial charge in [0.2, 0.25) is 5.88 Å². The Morgan fingerprint density at radius 3 is 1.28 bits per heavy atom. The maximum Gasteiger partial charge on any atom is 0.424 e. The van der Waals surface area contributed by atoms with Gasteiger partial charge in [0.05, 0.1) is 31.2 Å². The molecule has 0 N–H and O–H groups in total. The molecule has 0 bridgehead atoms. The highest BCUT2D eigenvalue weighted by molar-refractivity contribution is 9.10. The lowest BCUT2D eigenvalue weighted by Gasteiger charge is -2.29. The number of hydrogen-bond donors (Lipinski definition) is 0. The number of halogens is 7. The number of hydrogen-bond acceptors (Lipinski definition) is 15. The molecule has 0 saturated heterocycles. The van der Waals surface area contributed by atoms with Crippen LogP contribution in [0.3, 0.4) is 0 Å². The smallest absolute Gasteiger partial charge is 0.424 e. The predicted octanol–water partition coefficient (Wildman–Crippen LogP) is 12.4. The van der Waals surface area contributed by atoms with Crippen LogP contribution >= 0.6 is 15.9 Å². The quantitative estimate of drug-likeness (QED) is 0.0678. The van der Waals surface area contributed by atoms with Gasteiger partial charge in [-0.2, -0.15) is 36.1 Å². The van der Waals surface area contributed by atoms with Gasteiger partial charge < -0.3 is 33.2 Å². The maximum atomic E-state index is 14.3. The minimum absolute atomic E-state index is 0.0232. The van der Waals surface area contributed by atoms with Crippen LogP contribution in [0.4, 0.5) is 56.9 Å². The first-order valence-electron chi connectivity index (χ1n) is 20.2. The summed E-state index contributed by atoms with van der Waals surface area (Å²) in [7, 11) is 1.92. The molecule has 24 heteroatoms. The van der Waals surface area contributed by atoms with E-state index in [2.05, 4.69) is 37.2 Å². The summed E-state index contributed by atoms with van der Waals surface area (Å²) in [6.45, 7) is 21.4. The molecule has 0 radical (unpaired) electrons. The van der Waals surface area contributed by atoms with Crippen LogP contribution in [-0.2, 0) is 47.2 Å². The minimum atomic E-state index is -5.09. The van der Waals surface area contributed by atoms with Gasteiger partial charge in [-0.15, -0.1) is 6.58 Å². The largest absolute Gasteiger partial charge is 0.464 e. The zero-order valence-electron chi connectivity index (χ0n) is 40.2. The molecule has 2 heterocycles. The first kappa shape index (κ1) is 58.7. The van der Waals surface area contributed by atoms with Crippen LogP contribution < -0.4 is 14.5 Å². The second-order valence-corrected chi connectivity index (χ2v) is 18.9. The average molecular weight is 1050 g/mol. The number of alkyl halides is 6. The summed E-state index contributed by atoms with van der Waals surface area (Å²) >= 11 is 2.65. The topological polar surface area (TPSA) is 199 Å². The Morgan fingerprint density at radius 1 is 0.594 bits per heavy atom. The van der Waals surface area contributed by atoms with Gasteiger partial charge >= 0.3 is 48.7 Å². The van der Waals surface area contributed by atoms with E-state index >= 15 is 0 Å². The summed E-state index contributed by atoms with van der Waals surface area (Å²) in [5.41, 5.74) is -10.1. The van der Waals surface area contributed by atoms with Gasteiger partial charge in [0.25, 0.3) is 0 Å². The van der Waals surface area contributed by atoms with Crippen LogP contribution in [0.2, 0.25) is 0 Å². The standard InChI is InChI=1S/C27H31F3N2O7.C18H22BrF3N2O6/c1-9-12-16-13-10-11-14-19(16)37-21-17(27(28,29)30)15-18(20(31-21)22(33)36-8)32(23(34)38-25(2,3)4)24(35)39-26(5,6)7;1-16(2,3)29-14(26)24(15(27)30-17(4,5)6)10-8-9(18(20,21)22)12(19)23-11(10)13(25)28-7/h9-11,13-15H,1,12H2,2-8H3;8H,1-7H3. The van der Waals surface area contributed by atoms with E-state index in [1.54, 1.807) is 12.1 Å². The van der Waals surface area contributed by atoms with Gasteiger partial charge in [-0.3, -0.25) is 0 Å². The minimum Gasteiger partial charge on any atom is -0.464 e. The molecule has 380 valence electrons. The van der Waals surface area contributed by atoms with Crippen LogP contribution in [0.1, 0.15) is 121 Å². The number of carbonyl (C=O) groups excluding carboxylic acids is 6. The Kier molecular flexibility index (Phi) is 19.0. The summed E-state index contributed by atoms with van der Waals surface area (Å²) in [6.07, 6.45) is -13.7. The summed E-state index contributed by atoms with van der Waals surface area (Å²) in [4.78, 5) is 84.2. The van der Waals surface area contributed by atoms with Crippen LogP contribution in [0.15, 0.2) is 53.7 Å². The monoisotopic (exact) mass is 1050 g/mol. The SMILES string of the molecule is C=CCc1ccccc1Oc1nc(C(=O)OC)c(N(C(=O)OC(C)(C)C)C(=O)OC(C)(C)C)cc1C(F)(F)F.COC(=O)c1nc(Br)c(C(F)(F)F)cc1N(C(=O)OC(C)(C)C)C(=O)OC(C)(C)C. The fourth-order valence-corrected chi connectivity index (χ4v) is 5.60. The Morgan fingerprint density at radius 2 is 0.942 bits per heavy atom. The number of anilines is 2. The second kappa shape index (κ2) is 22.3. The molecule has 3 rings (SSSR count). The first-order valence-corrected chi connectivity index (χ1v) is 21.0. The number of amides is 4. The number of methoxy groups -OCH3 is 2. The lowest BCUT2D eigenvalue weighted by molar-refractivity contribution is -0.139. The summed E-state index contributed by atoms with van der Waals surface area (Å²) in [6, 6.07) is 7.03. The van der Waals surface area contributed by atoms with E-state index in [9.17, 15) is 55.1 Å². The molecule has 0 unspecified atom stereocenters. The number of nitrogens with zero attached hydrogens (tertiary/aromatic N) is 4. The normalized spacial score (nSPS) is 12.0. The van der Waals surface area contributed by atoms with Crippen molar-refractivity contribution in [3.63, 3.8) is 0 Å². The van der Waals surface area contributed by atoms with E-state index < -0.39 is 115 Å². The van der Waals surface area contributed by atoms with Crippen molar-refractivity contribution < 1.29 is 88.3 Å². The number of allylic oxidation sites excluding steroid dienone is 1. The third-order valence-corrected chi connectivity index (χ3v) is 8.23. The molecule has 0 spiro atoms. The molecule has 1 aromatic carbocycles. The molecule has 0 aliphatic carbocycles. The van der Waals surface area contributed by atoms with Gasteiger partial charge in [0.15, 0.2) is 11.4 Å². The maximum absolute atomic E-state index is 14.3. The van der Waals surface area contributed by atoms with Crippen LogP contribution in [0.5, 0.6) is 11.6 Å². The second-order valence-electron chi connectivity index (χ2n) is 18.2. The molecule has 69 heavy (non-hydrogen) atoms. The van der Waals surface area contributed by atoms with E-state index in [0.717, 1.165) is 14.2 Å². The van der Waals surface area contributed by atoms with Crippen molar-refractivity contribution in [3.8, 4) is 11.6 Å². The van der Waals surface area contributed by atoms with E-state index in [-0.39, 0.29) is 22.0 Å². The first-order chi connectivity index (χ1) is 31.2. The average Bonchev–Trinajstić information content (AvgIpc) is 3.15. The van der Waals surface area contributed by atoms with Crippen molar-refractivity contribution in [2.75, 3.05) is 24.0 Å². The predicted molar refractivity (Wildman–Crippen MR) is 239 cm³/mol. The zero-order valence-corrected chi connectivity index (χ0v) is 41.8. The van der Waals surface area contributed by atoms with Crippen molar-refractivity contribution in [1.29, 1.82) is 0 Å². The van der Waals surface area contributed by atoms with E-state index in [1.165, 1.54) is 101 Å². The molecule has 17 nitrogen and oxygen atoms in total. The number of benzene rings is 1. The summed E-state index contributed by atoms with van der Waals surface area (Å²) in [5, 5.41) is 0. The molecule has 0 aliphatic heterocycles. The lowest BCUT2D eigenvalue weighted by Crippen LogP contribution is -2.44. The van der Waals surface area contributed by atoms with Gasteiger partial charge in [-0.25, -0.2) is 38.7 Å². The van der Waals surface area contributed by atoms with Crippen LogP contribution in [0, 0.1) is 0 Å². The number of imide groups is 2. The van der Waals surface area contributed by atoms with E-state index in [4.69, 9.17) is 28.4 Å². The number of rotatable bonds is 8. The zero-order chi connectivity index (χ0) is 53.4. The Bertz CT molecular complexity index is 2360. The fourth-order valence-electron chi connectivity index (χ4n) is 5.08. The summed E-state index contributed by atoms with van der Waals surface area (Å²) < 4.78 is 118. The van der Waals surface area contributed by atoms with Crippen molar-refractivity contribution >= 4 is 63.6 Å². The van der Waals surface area contributed by atoms with Crippen molar-refractivity contribution in [2.24, 2.45) is 0 Å². The van der Waals surface area contributed by atoms with Crippen molar-refractivity contribution in [2.45, 2.75) is 124 Å². The molecule has 0 fully saturated rings. The molecule has 0 atom stereocenters. The number of esters is 2. The molecule has 0 saturated carbocycles. The highest BCUT2D eigenvalue weighted by atomic mass is 79.9. The lowest BCUT2D eigenvalue weighted by atomic mass is 10.1. The number of pyridine rings is 2. The number of para-hydroxylation sites is 1. The van der Waals surface area contributed by atoms with Gasteiger partial charge in [-0.1, -0.05) is 24.3 Å². The molecular formula is C45H53BrF6N4O13. The Hall–Kier alpha value is -6.46. The number of ether oxygens (including phenoxy) is 7. The van der Waals surface area contributed by atoms with Gasteiger partial charge in [0, 0.05) is 0 Å². The summed E-state index contributed by atoms with van der Waals surface area (Å²) in [5.74, 6) is -3.41. The highest BCUT2D eigenvalue weighted by Crippen LogP contribution is 2.42. The van der Waals surface area contributed by atoms with E-state index in [0.29, 0.717) is 17.7 Å². The van der Waals surface area contributed by atoms with Gasteiger partial charge in [0.1, 0.15) is 38.3 Å². The Labute approximate surface area is 402 Å². The molecule has 2 aromatic heterocycles. The molecular weight excluding hydrogens is 998 g/mol. The van der Waals surface area contributed by atoms with Crippen molar-refractivity contribution in [3.05, 3.63) is 81.7 Å². The van der Waals surface area contributed by atoms with Gasteiger partial charge in [-0.05, 0) is 129 Å². The third-order valence-electron chi connectivity index (χ3n) is 7.62.